The predicted molar refractivity (Wildman–Crippen MR) is 110 cm³/mol. The van der Waals surface area contributed by atoms with Gasteiger partial charge in [0.25, 0.3) is 5.91 Å². The second-order valence-corrected chi connectivity index (χ2v) is 8.75. The molecule has 3 aliphatic rings. The fourth-order valence-electron chi connectivity index (χ4n) is 5.07. The van der Waals surface area contributed by atoms with Crippen LogP contribution in [0.1, 0.15) is 29.8 Å². The summed E-state index contributed by atoms with van der Waals surface area (Å²) in [4.78, 5) is 23.2. The number of fused-ring (bicyclic) bond motifs is 1. The van der Waals surface area contributed by atoms with Gasteiger partial charge in [-0.15, -0.1) is 0 Å². The smallest absolute Gasteiger partial charge is 0.270 e. The molecule has 1 atom stereocenters. The monoisotopic (exact) mass is 382 g/mol. The Labute approximate surface area is 166 Å². The Morgan fingerprint density at radius 1 is 1.11 bits per heavy atom. The number of nitrogens with zero attached hydrogens (tertiary/aromatic N) is 3. The number of carbonyl (C=O) groups excluding carboxylic acids is 1. The van der Waals surface area contributed by atoms with Gasteiger partial charge in [-0.1, -0.05) is 18.2 Å². The maximum atomic E-state index is 13.0. The third-order valence-corrected chi connectivity index (χ3v) is 6.97. The van der Waals surface area contributed by atoms with E-state index in [0.29, 0.717) is 11.7 Å². The van der Waals surface area contributed by atoms with Crippen molar-refractivity contribution in [3.63, 3.8) is 0 Å². The molecule has 3 fully saturated rings. The lowest BCUT2D eigenvalue weighted by Crippen LogP contribution is -2.50. The number of aromatic amines is 1. The number of H-pyrrole nitrogens is 1. The van der Waals surface area contributed by atoms with Gasteiger partial charge in [-0.3, -0.25) is 9.69 Å². The summed E-state index contributed by atoms with van der Waals surface area (Å²) in [5, 5.41) is 1.09. The van der Waals surface area contributed by atoms with E-state index in [1.807, 2.05) is 35.2 Å². The lowest BCUT2D eigenvalue weighted by Gasteiger charge is -2.39. The number of rotatable bonds is 2. The minimum absolute atomic E-state index is 0.0226. The molecule has 150 valence electrons. The number of likely N-dealkylation sites (N-methyl/N-ethyl adjacent to an activating group) is 1. The fourth-order valence-corrected chi connectivity index (χ4v) is 5.07. The van der Waals surface area contributed by atoms with Crippen LogP contribution in [0.2, 0.25) is 0 Å². The Morgan fingerprint density at radius 3 is 2.61 bits per heavy atom. The van der Waals surface area contributed by atoms with Crippen LogP contribution in [0.5, 0.6) is 0 Å². The van der Waals surface area contributed by atoms with Gasteiger partial charge in [0, 0.05) is 56.2 Å². The largest absolute Gasteiger partial charge is 0.373 e. The van der Waals surface area contributed by atoms with Crippen molar-refractivity contribution < 1.29 is 9.53 Å². The van der Waals surface area contributed by atoms with E-state index in [2.05, 4.69) is 21.8 Å². The summed E-state index contributed by atoms with van der Waals surface area (Å²) in [6.45, 7) is 7.00. The number of amides is 1. The van der Waals surface area contributed by atoms with E-state index in [1.165, 1.54) is 0 Å². The Kier molecular flexibility index (Phi) is 4.65. The first-order chi connectivity index (χ1) is 13.6. The van der Waals surface area contributed by atoms with Crippen LogP contribution in [-0.2, 0) is 4.74 Å². The van der Waals surface area contributed by atoms with Crippen LogP contribution in [0.25, 0.3) is 10.9 Å². The van der Waals surface area contributed by atoms with E-state index in [9.17, 15) is 4.79 Å². The van der Waals surface area contributed by atoms with Crippen LogP contribution >= 0.6 is 0 Å². The van der Waals surface area contributed by atoms with Crippen molar-refractivity contribution in [2.75, 3.05) is 52.9 Å². The summed E-state index contributed by atoms with van der Waals surface area (Å²) in [5.41, 5.74) is 1.69. The molecule has 1 aromatic carbocycles. The summed E-state index contributed by atoms with van der Waals surface area (Å²) < 4.78 is 6.35. The van der Waals surface area contributed by atoms with E-state index >= 15 is 0 Å². The quantitative estimate of drug-likeness (QED) is 0.865. The highest BCUT2D eigenvalue weighted by Gasteiger charge is 2.45. The Balaban J connectivity index is 1.20. The summed E-state index contributed by atoms with van der Waals surface area (Å²) in [6, 6.07) is 10.6. The van der Waals surface area contributed by atoms with Gasteiger partial charge in [0.1, 0.15) is 5.69 Å². The highest BCUT2D eigenvalue weighted by atomic mass is 16.5. The van der Waals surface area contributed by atoms with E-state index in [4.69, 9.17) is 4.74 Å². The molecule has 28 heavy (non-hydrogen) atoms. The summed E-state index contributed by atoms with van der Waals surface area (Å²) >= 11 is 0. The first-order valence-corrected chi connectivity index (χ1v) is 10.6. The van der Waals surface area contributed by atoms with Crippen molar-refractivity contribution in [2.45, 2.75) is 30.9 Å². The number of hydrogen-bond donors (Lipinski definition) is 1. The van der Waals surface area contributed by atoms with Crippen LogP contribution < -0.4 is 0 Å². The van der Waals surface area contributed by atoms with Gasteiger partial charge in [-0.05, 0) is 38.4 Å². The van der Waals surface area contributed by atoms with Crippen LogP contribution in [-0.4, -0.2) is 90.2 Å². The van der Waals surface area contributed by atoms with Crippen LogP contribution in [0.4, 0.5) is 0 Å². The van der Waals surface area contributed by atoms with E-state index in [1.54, 1.807) is 0 Å². The number of carbonyl (C=O) groups is 1. The predicted octanol–water partition coefficient (Wildman–Crippen LogP) is 2.18. The number of benzene rings is 1. The van der Waals surface area contributed by atoms with Crippen LogP contribution in [0.3, 0.4) is 0 Å². The molecule has 3 aliphatic heterocycles. The molecule has 0 aliphatic carbocycles. The molecule has 6 nitrogen and oxygen atoms in total. The Bertz CT molecular complexity index is 814. The number of hydrogen-bond acceptors (Lipinski definition) is 4. The minimum atomic E-state index is -0.0226. The fraction of sp³-hybridized carbons (Fsp3) is 0.591. The maximum Gasteiger partial charge on any atom is 0.270 e. The summed E-state index contributed by atoms with van der Waals surface area (Å²) in [6.07, 6.45) is 3.01. The molecule has 1 spiro atoms. The lowest BCUT2D eigenvalue weighted by molar-refractivity contribution is -0.0396. The molecular weight excluding hydrogens is 352 g/mol. The highest BCUT2D eigenvalue weighted by molar-refractivity contribution is 5.98. The number of nitrogens with one attached hydrogen (secondary N) is 1. The maximum absolute atomic E-state index is 13.0. The Morgan fingerprint density at radius 2 is 1.86 bits per heavy atom. The van der Waals surface area contributed by atoms with Crippen molar-refractivity contribution in [3.8, 4) is 0 Å². The summed E-state index contributed by atoms with van der Waals surface area (Å²) in [7, 11) is 2.20. The van der Waals surface area contributed by atoms with Gasteiger partial charge >= 0.3 is 0 Å². The zero-order valence-electron chi connectivity index (χ0n) is 16.7. The molecule has 1 aromatic heterocycles. The zero-order valence-corrected chi connectivity index (χ0v) is 16.7. The second kappa shape index (κ2) is 7.17. The molecule has 5 rings (SSSR count). The molecule has 0 radical (unpaired) electrons. The average Bonchev–Trinajstić information content (AvgIpc) is 3.33. The van der Waals surface area contributed by atoms with Crippen LogP contribution in [0, 0.1) is 0 Å². The molecular formula is C22H30N4O2. The van der Waals surface area contributed by atoms with E-state index < -0.39 is 0 Å². The van der Waals surface area contributed by atoms with Gasteiger partial charge < -0.3 is 19.5 Å². The number of para-hydroxylation sites is 1. The van der Waals surface area contributed by atoms with Crippen molar-refractivity contribution in [1.82, 2.24) is 19.7 Å². The standard InChI is InChI=1S/C22H30N4O2/c1-24-10-12-25(13-11-24)18-15-22(28-16-18)6-8-26(9-7-22)21(27)20-14-17-4-2-3-5-19(17)23-20/h2-5,14,18,23H,6-13,15-16H2,1H3. The SMILES string of the molecule is CN1CCN(C2COC3(CCN(C(=O)c4cc5ccccc5[nH]4)CC3)C2)CC1. The molecule has 1 unspecified atom stereocenters. The molecule has 6 heteroatoms. The molecule has 4 heterocycles. The van der Waals surface area contributed by atoms with Gasteiger partial charge in [0.2, 0.25) is 0 Å². The van der Waals surface area contributed by atoms with Gasteiger partial charge in [0.05, 0.1) is 12.2 Å². The molecule has 2 aromatic rings. The van der Waals surface area contributed by atoms with E-state index in [0.717, 1.165) is 76.0 Å². The van der Waals surface area contributed by atoms with Crippen molar-refractivity contribution in [3.05, 3.63) is 36.0 Å². The zero-order chi connectivity index (χ0) is 19.1. The second-order valence-electron chi connectivity index (χ2n) is 8.75. The van der Waals surface area contributed by atoms with Crippen LogP contribution in [0.15, 0.2) is 30.3 Å². The third-order valence-electron chi connectivity index (χ3n) is 6.97. The summed E-state index contributed by atoms with van der Waals surface area (Å²) in [5.74, 6) is 0.111. The minimum Gasteiger partial charge on any atom is -0.373 e. The molecule has 3 saturated heterocycles. The number of piperidine rings is 1. The van der Waals surface area contributed by atoms with Crippen molar-refractivity contribution in [2.24, 2.45) is 0 Å². The average molecular weight is 383 g/mol. The Hall–Kier alpha value is -1.89. The molecule has 0 bridgehead atoms. The third kappa shape index (κ3) is 3.34. The molecule has 1 N–H and O–H groups in total. The molecule has 0 saturated carbocycles. The number of aromatic nitrogens is 1. The van der Waals surface area contributed by atoms with Crippen molar-refractivity contribution >= 4 is 16.8 Å². The first kappa shape index (κ1) is 18.2. The number of likely N-dealkylation sites (tertiary alicyclic amines) is 1. The normalized spacial score (nSPS) is 26.3. The topological polar surface area (TPSA) is 51.8 Å². The van der Waals surface area contributed by atoms with Gasteiger partial charge in [0.15, 0.2) is 0 Å². The van der Waals surface area contributed by atoms with Gasteiger partial charge in [-0.25, -0.2) is 0 Å². The molecule has 1 amide bonds. The number of ether oxygens (including phenoxy) is 1. The van der Waals surface area contributed by atoms with Gasteiger partial charge in [-0.2, -0.15) is 0 Å². The highest BCUT2D eigenvalue weighted by Crippen LogP contribution is 2.38. The first-order valence-electron chi connectivity index (χ1n) is 10.6. The van der Waals surface area contributed by atoms with E-state index in [-0.39, 0.29) is 11.5 Å². The lowest BCUT2D eigenvalue weighted by atomic mass is 9.87. The number of piperazine rings is 1. The van der Waals surface area contributed by atoms with Crippen molar-refractivity contribution in [1.29, 1.82) is 0 Å².